The molecule has 0 bridgehead atoms. The highest BCUT2D eigenvalue weighted by Gasteiger charge is 2.13. The quantitative estimate of drug-likeness (QED) is 0.595. The van der Waals surface area contributed by atoms with Crippen LogP contribution in [-0.4, -0.2) is 37.0 Å². The number of nitrogens with one attached hydrogen (secondary N) is 1. The second-order valence-electron chi connectivity index (χ2n) is 7.34. The van der Waals surface area contributed by atoms with Crippen molar-refractivity contribution < 1.29 is 9.53 Å². The minimum absolute atomic E-state index is 0.0471. The molecule has 2 rings (SSSR count). The van der Waals surface area contributed by atoms with Gasteiger partial charge in [-0.1, -0.05) is 44.2 Å². The van der Waals surface area contributed by atoms with E-state index < -0.39 is 0 Å². The number of rotatable bonds is 11. The average molecular weight is 383 g/mol. The van der Waals surface area contributed by atoms with Gasteiger partial charge in [-0.05, 0) is 68.6 Å². The zero-order valence-electron chi connectivity index (χ0n) is 17.8. The van der Waals surface area contributed by atoms with Crippen molar-refractivity contribution in [2.75, 3.05) is 31.6 Å². The van der Waals surface area contributed by atoms with Crippen LogP contribution in [0.5, 0.6) is 5.75 Å². The lowest BCUT2D eigenvalue weighted by Crippen LogP contribution is -2.34. The molecule has 0 heterocycles. The van der Waals surface area contributed by atoms with Crippen LogP contribution in [0.25, 0.3) is 0 Å². The van der Waals surface area contributed by atoms with Crippen molar-refractivity contribution in [1.82, 2.24) is 4.90 Å². The first-order valence-electron chi connectivity index (χ1n) is 10.3. The van der Waals surface area contributed by atoms with E-state index in [9.17, 15) is 4.79 Å². The van der Waals surface area contributed by atoms with Gasteiger partial charge >= 0.3 is 0 Å². The van der Waals surface area contributed by atoms with Gasteiger partial charge in [-0.15, -0.1) is 0 Å². The van der Waals surface area contributed by atoms with Gasteiger partial charge in [0.25, 0.3) is 0 Å². The fraction of sp³-hybridized carbons (Fsp3) is 0.458. The maximum absolute atomic E-state index is 12.5. The van der Waals surface area contributed by atoms with Gasteiger partial charge in [0.2, 0.25) is 5.91 Å². The van der Waals surface area contributed by atoms with E-state index in [1.165, 1.54) is 5.56 Å². The molecule has 0 aromatic heterocycles. The van der Waals surface area contributed by atoms with Crippen molar-refractivity contribution in [2.45, 2.75) is 47.0 Å². The summed E-state index contributed by atoms with van der Waals surface area (Å²) in [6.45, 7) is 11.3. The predicted molar refractivity (Wildman–Crippen MR) is 117 cm³/mol. The molecule has 0 fully saturated rings. The van der Waals surface area contributed by atoms with Crippen molar-refractivity contribution in [3.8, 4) is 5.75 Å². The standard InChI is InChI=1S/C24H34N2O2/c1-5-13-26(14-6-2)18-23(27)25-24-19(3)16-22(17-20(24)4)28-15-12-21-10-8-7-9-11-21/h7-11,16-17H,5-6,12-15,18H2,1-4H3,(H,25,27). The molecule has 4 heteroatoms. The first-order chi connectivity index (χ1) is 13.5. The van der Waals surface area contributed by atoms with Crippen molar-refractivity contribution in [3.05, 3.63) is 59.2 Å². The Bertz CT molecular complexity index is 715. The molecule has 152 valence electrons. The minimum atomic E-state index is 0.0471. The summed E-state index contributed by atoms with van der Waals surface area (Å²) in [4.78, 5) is 14.7. The first kappa shape index (κ1) is 22.0. The smallest absolute Gasteiger partial charge is 0.238 e. The van der Waals surface area contributed by atoms with Crippen molar-refractivity contribution in [2.24, 2.45) is 0 Å². The van der Waals surface area contributed by atoms with Crippen LogP contribution >= 0.6 is 0 Å². The SMILES string of the molecule is CCCN(CCC)CC(=O)Nc1c(C)cc(OCCc2ccccc2)cc1C. The third-order valence-corrected chi connectivity index (χ3v) is 4.72. The second kappa shape index (κ2) is 11.5. The van der Waals surface area contributed by atoms with E-state index in [2.05, 4.69) is 36.2 Å². The Labute approximate surface area is 169 Å². The largest absolute Gasteiger partial charge is 0.493 e. The number of hydrogen-bond donors (Lipinski definition) is 1. The molecule has 0 radical (unpaired) electrons. The van der Waals surface area contributed by atoms with E-state index >= 15 is 0 Å². The van der Waals surface area contributed by atoms with Crippen LogP contribution in [0.2, 0.25) is 0 Å². The zero-order valence-corrected chi connectivity index (χ0v) is 17.8. The number of aryl methyl sites for hydroxylation is 2. The Balaban J connectivity index is 1.94. The van der Waals surface area contributed by atoms with E-state index in [4.69, 9.17) is 4.74 Å². The maximum Gasteiger partial charge on any atom is 0.238 e. The fourth-order valence-corrected chi connectivity index (χ4v) is 3.42. The first-order valence-corrected chi connectivity index (χ1v) is 10.3. The number of hydrogen-bond acceptors (Lipinski definition) is 3. The van der Waals surface area contributed by atoms with Crippen LogP contribution in [-0.2, 0) is 11.2 Å². The number of carbonyl (C=O) groups excluding carboxylic acids is 1. The Morgan fingerprint density at radius 2 is 1.61 bits per heavy atom. The molecule has 0 aliphatic heterocycles. The predicted octanol–water partition coefficient (Wildman–Crippen LogP) is 4.99. The topological polar surface area (TPSA) is 41.6 Å². The molecular weight excluding hydrogens is 348 g/mol. The van der Waals surface area contributed by atoms with Crippen molar-refractivity contribution in [1.29, 1.82) is 0 Å². The van der Waals surface area contributed by atoms with Gasteiger partial charge < -0.3 is 10.1 Å². The minimum Gasteiger partial charge on any atom is -0.493 e. The highest BCUT2D eigenvalue weighted by Crippen LogP contribution is 2.26. The normalized spacial score (nSPS) is 10.9. The molecule has 0 aliphatic rings. The number of carbonyl (C=O) groups is 1. The summed E-state index contributed by atoms with van der Waals surface area (Å²) in [5, 5.41) is 3.10. The third-order valence-electron chi connectivity index (χ3n) is 4.72. The molecule has 0 saturated heterocycles. The van der Waals surface area contributed by atoms with Crippen LogP contribution in [0.3, 0.4) is 0 Å². The van der Waals surface area contributed by atoms with Gasteiger partial charge in [-0.25, -0.2) is 0 Å². The monoisotopic (exact) mass is 382 g/mol. The summed E-state index contributed by atoms with van der Waals surface area (Å²) in [7, 11) is 0. The van der Waals surface area contributed by atoms with E-state index in [1.54, 1.807) is 0 Å². The Hall–Kier alpha value is -2.33. The van der Waals surface area contributed by atoms with E-state index in [-0.39, 0.29) is 5.91 Å². The van der Waals surface area contributed by atoms with Gasteiger partial charge in [0.1, 0.15) is 5.75 Å². The lowest BCUT2D eigenvalue weighted by molar-refractivity contribution is -0.117. The summed E-state index contributed by atoms with van der Waals surface area (Å²) in [6.07, 6.45) is 2.99. The molecule has 1 amide bonds. The van der Waals surface area contributed by atoms with Crippen LogP contribution in [0.4, 0.5) is 5.69 Å². The lowest BCUT2D eigenvalue weighted by Gasteiger charge is -2.21. The zero-order chi connectivity index (χ0) is 20.4. The van der Waals surface area contributed by atoms with Crippen molar-refractivity contribution >= 4 is 11.6 Å². The Morgan fingerprint density at radius 1 is 1.00 bits per heavy atom. The molecule has 0 spiro atoms. The highest BCUT2D eigenvalue weighted by molar-refractivity contribution is 5.93. The summed E-state index contributed by atoms with van der Waals surface area (Å²) in [5.41, 5.74) is 4.22. The second-order valence-corrected chi connectivity index (χ2v) is 7.34. The molecule has 0 aliphatic carbocycles. The van der Waals surface area contributed by atoms with E-state index in [0.717, 1.165) is 54.9 Å². The summed E-state index contributed by atoms with van der Waals surface area (Å²) in [6, 6.07) is 14.3. The number of nitrogens with zero attached hydrogens (tertiary/aromatic N) is 1. The fourth-order valence-electron chi connectivity index (χ4n) is 3.42. The molecule has 0 atom stereocenters. The van der Waals surface area contributed by atoms with Gasteiger partial charge in [-0.3, -0.25) is 9.69 Å². The molecule has 0 saturated carbocycles. The average Bonchev–Trinajstić information content (AvgIpc) is 2.66. The third kappa shape index (κ3) is 7.01. The van der Waals surface area contributed by atoms with Gasteiger partial charge in [-0.2, -0.15) is 0 Å². The molecule has 28 heavy (non-hydrogen) atoms. The number of anilines is 1. The number of amides is 1. The highest BCUT2D eigenvalue weighted by atomic mass is 16.5. The van der Waals surface area contributed by atoms with E-state index in [0.29, 0.717) is 13.2 Å². The summed E-state index contributed by atoms with van der Waals surface area (Å²) < 4.78 is 5.94. The van der Waals surface area contributed by atoms with Crippen molar-refractivity contribution in [3.63, 3.8) is 0 Å². The van der Waals surface area contributed by atoms with E-state index in [1.807, 2.05) is 44.2 Å². The molecule has 1 N–H and O–H groups in total. The van der Waals surface area contributed by atoms with Crippen LogP contribution < -0.4 is 10.1 Å². The Kier molecular flexibility index (Phi) is 9.02. The number of benzene rings is 2. The summed E-state index contributed by atoms with van der Waals surface area (Å²) in [5.74, 6) is 0.897. The molecule has 4 nitrogen and oxygen atoms in total. The molecule has 0 unspecified atom stereocenters. The lowest BCUT2D eigenvalue weighted by atomic mass is 10.1. The Morgan fingerprint density at radius 3 is 2.18 bits per heavy atom. The molecular formula is C24H34N2O2. The van der Waals surface area contributed by atoms with Crippen LogP contribution in [0.1, 0.15) is 43.4 Å². The van der Waals surface area contributed by atoms with Gasteiger partial charge in [0.05, 0.1) is 13.2 Å². The number of ether oxygens (including phenoxy) is 1. The molecule has 2 aromatic carbocycles. The van der Waals surface area contributed by atoms with Crippen LogP contribution in [0, 0.1) is 13.8 Å². The van der Waals surface area contributed by atoms with Gasteiger partial charge in [0, 0.05) is 12.1 Å². The maximum atomic E-state index is 12.5. The summed E-state index contributed by atoms with van der Waals surface area (Å²) >= 11 is 0. The van der Waals surface area contributed by atoms with Gasteiger partial charge in [0.15, 0.2) is 0 Å². The molecule has 2 aromatic rings. The van der Waals surface area contributed by atoms with Crippen LogP contribution in [0.15, 0.2) is 42.5 Å².